The van der Waals surface area contributed by atoms with Gasteiger partial charge in [0.1, 0.15) is 0 Å². The lowest BCUT2D eigenvalue weighted by Gasteiger charge is -2.20. The molecule has 2 unspecified atom stereocenters. The van der Waals surface area contributed by atoms with Gasteiger partial charge in [-0.05, 0) is 12.8 Å². The van der Waals surface area contributed by atoms with E-state index in [-0.39, 0.29) is 0 Å². The van der Waals surface area contributed by atoms with Crippen LogP contribution in [0.25, 0.3) is 0 Å². The van der Waals surface area contributed by atoms with E-state index in [1.54, 1.807) is 7.11 Å². The topological polar surface area (TPSA) is 30.5 Å². The first-order valence-corrected chi connectivity index (χ1v) is 5.29. The molecule has 1 aliphatic rings. The van der Waals surface area contributed by atoms with Gasteiger partial charge in [0.05, 0.1) is 13.2 Å². The fourth-order valence-electron chi connectivity index (χ4n) is 1.55. The van der Waals surface area contributed by atoms with Gasteiger partial charge in [-0.2, -0.15) is 0 Å². The van der Waals surface area contributed by atoms with Crippen LogP contribution < -0.4 is 5.32 Å². The van der Waals surface area contributed by atoms with Crippen LogP contribution in [0.3, 0.4) is 0 Å². The summed E-state index contributed by atoms with van der Waals surface area (Å²) in [5.74, 6) is 0.675. The highest BCUT2D eigenvalue weighted by Gasteiger charge is 2.18. The lowest BCUT2D eigenvalue weighted by molar-refractivity contribution is 0.151. The van der Waals surface area contributed by atoms with Crippen LogP contribution in [0.2, 0.25) is 0 Å². The number of nitrogens with one attached hydrogen (secondary N) is 1. The first-order chi connectivity index (χ1) is 6.36. The second kappa shape index (κ2) is 6.60. The lowest BCUT2D eigenvalue weighted by Crippen LogP contribution is -2.41. The Labute approximate surface area is 84.7 Å². The van der Waals surface area contributed by atoms with Gasteiger partial charge in [0.15, 0.2) is 0 Å². The molecule has 0 aromatic carbocycles. The third-order valence-electron chi connectivity index (χ3n) is 2.23. The van der Waals surface area contributed by atoms with Crippen molar-refractivity contribution in [2.24, 2.45) is 0 Å². The fourth-order valence-corrected chi connectivity index (χ4v) is 1.81. The Morgan fingerprint density at radius 3 is 3.08 bits per heavy atom. The quantitative estimate of drug-likeness (QED) is 0.660. The molecule has 2 atom stereocenters. The molecule has 0 bridgehead atoms. The molecule has 13 heavy (non-hydrogen) atoms. The summed E-state index contributed by atoms with van der Waals surface area (Å²) in [6.07, 6.45) is 2.05. The SMILES string of the molecule is COCC(CCCl)NC1CCOC1. The zero-order valence-corrected chi connectivity index (χ0v) is 8.85. The van der Waals surface area contributed by atoms with E-state index >= 15 is 0 Å². The highest BCUT2D eigenvalue weighted by atomic mass is 35.5. The van der Waals surface area contributed by atoms with Crippen LogP contribution in [-0.4, -0.2) is 44.9 Å². The van der Waals surface area contributed by atoms with Gasteiger partial charge in [0.2, 0.25) is 0 Å². The molecule has 0 aliphatic carbocycles. The maximum atomic E-state index is 5.69. The monoisotopic (exact) mass is 207 g/mol. The van der Waals surface area contributed by atoms with Crippen LogP contribution in [0, 0.1) is 0 Å². The fraction of sp³-hybridized carbons (Fsp3) is 1.00. The van der Waals surface area contributed by atoms with E-state index in [0.717, 1.165) is 32.7 Å². The van der Waals surface area contributed by atoms with Crippen molar-refractivity contribution in [3.05, 3.63) is 0 Å². The summed E-state index contributed by atoms with van der Waals surface area (Å²) in [5, 5.41) is 3.48. The van der Waals surface area contributed by atoms with E-state index in [0.29, 0.717) is 18.0 Å². The number of ether oxygens (including phenoxy) is 2. The Bertz CT molecular complexity index is 123. The highest BCUT2D eigenvalue weighted by molar-refractivity contribution is 6.17. The van der Waals surface area contributed by atoms with E-state index in [4.69, 9.17) is 21.1 Å². The molecular formula is C9H18ClNO2. The third kappa shape index (κ3) is 4.27. The van der Waals surface area contributed by atoms with Crippen LogP contribution in [0.5, 0.6) is 0 Å². The molecule has 0 aromatic heterocycles. The summed E-state index contributed by atoms with van der Waals surface area (Å²) < 4.78 is 10.4. The molecule has 1 fully saturated rings. The van der Waals surface area contributed by atoms with Crippen LogP contribution >= 0.6 is 11.6 Å². The van der Waals surface area contributed by atoms with Crippen molar-refractivity contribution in [1.29, 1.82) is 0 Å². The predicted molar refractivity (Wildman–Crippen MR) is 53.4 cm³/mol. The van der Waals surface area contributed by atoms with E-state index in [9.17, 15) is 0 Å². The first kappa shape index (κ1) is 11.2. The van der Waals surface area contributed by atoms with Gasteiger partial charge in [0, 0.05) is 31.7 Å². The number of methoxy groups -OCH3 is 1. The standard InChI is InChI=1S/C9H18ClNO2/c1-12-6-8(2-4-10)11-9-3-5-13-7-9/h8-9,11H,2-7H2,1H3. The first-order valence-electron chi connectivity index (χ1n) is 4.75. The van der Waals surface area contributed by atoms with E-state index in [1.807, 2.05) is 0 Å². The van der Waals surface area contributed by atoms with Crippen LogP contribution in [0.4, 0.5) is 0 Å². The lowest BCUT2D eigenvalue weighted by atomic mass is 10.2. The molecule has 0 amide bonds. The molecule has 0 aromatic rings. The second-order valence-corrected chi connectivity index (χ2v) is 3.74. The Kier molecular flexibility index (Phi) is 5.71. The minimum Gasteiger partial charge on any atom is -0.383 e. The van der Waals surface area contributed by atoms with Crippen LogP contribution in [-0.2, 0) is 9.47 Å². The Morgan fingerprint density at radius 2 is 2.54 bits per heavy atom. The predicted octanol–water partition coefficient (Wildman–Crippen LogP) is 1.01. The summed E-state index contributed by atoms with van der Waals surface area (Å²) in [4.78, 5) is 0. The summed E-state index contributed by atoms with van der Waals surface area (Å²) in [6.45, 7) is 2.42. The molecule has 1 saturated heterocycles. The number of alkyl halides is 1. The molecule has 1 rings (SSSR count). The van der Waals surface area contributed by atoms with Crippen LogP contribution in [0.1, 0.15) is 12.8 Å². The molecule has 0 radical (unpaired) electrons. The Hall–Kier alpha value is 0.170. The average molecular weight is 208 g/mol. The third-order valence-corrected chi connectivity index (χ3v) is 2.44. The second-order valence-electron chi connectivity index (χ2n) is 3.36. The molecular weight excluding hydrogens is 190 g/mol. The Balaban J connectivity index is 2.19. The maximum absolute atomic E-state index is 5.69. The van der Waals surface area contributed by atoms with Gasteiger partial charge < -0.3 is 14.8 Å². The van der Waals surface area contributed by atoms with Crippen molar-refractivity contribution < 1.29 is 9.47 Å². The van der Waals surface area contributed by atoms with Crippen molar-refractivity contribution in [3.8, 4) is 0 Å². The van der Waals surface area contributed by atoms with E-state index < -0.39 is 0 Å². The normalized spacial score (nSPS) is 24.9. The zero-order valence-electron chi connectivity index (χ0n) is 8.09. The van der Waals surface area contributed by atoms with E-state index in [1.165, 1.54) is 0 Å². The number of halogens is 1. The molecule has 1 heterocycles. The summed E-state index contributed by atoms with van der Waals surface area (Å²) in [6, 6.07) is 0.859. The van der Waals surface area contributed by atoms with Crippen molar-refractivity contribution in [1.82, 2.24) is 5.32 Å². The number of hydrogen-bond acceptors (Lipinski definition) is 3. The van der Waals surface area contributed by atoms with Gasteiger partial charge in [-0.3, -0.25) is 0 Å². The minimum absolute atomic E-state index is 0.370. The summed E-state index contributed by atoms with van der Waals surface area (Å²) in [5.41, 5.74) is 0. The van der Waals surface area contributed by atoms with Crippen molar-refractivity contribution in [2.45, 2.75) is 24.9 Å². The van der Waals surface area contributed by atoms with Crippen LogP contribution in [0.15, 0.2) is 0 Å². The number of rotatable bonds is 6. The van der Waals surface area contributed by atoms with Crippen molar-refractivity contribution >= 4 is 11.6 Å². The molecule has 78 valence electrons. The minimum atomic E-state index is 0.370. The molecule has 1 aliphatic heterocycles. The van der Waals surface area contributed by atoms with Crippen molar-refractivity contribution in [2.75, 3.05) is 32.8 Å². The maximum Gasteiger partial charge on any atom is 0.0620 e. The highest BCUT2D eigenvalue weighted by Crippen LogP contribution is 2.06. The van der Waals surface area contributed by atoms with Gasteiger partial charge in [0.25, 0.3) is 0 Å². The van der Waals surface area contributed by atoms with Gasteiger partial charge in [-0.1, -0.05) is 0 Å². The summed E-state index contributed by atoms with van der Waals surface area (Å²) >= 11 is 5.69. The molecule has 0 saturated carbocycles. The van der Waals surface area contributed by atoms with Gasteiger partial charge >= 0.3 is 0 Å². The molecule has 1 N–H and O–H groups in total. The molecule has 3 nitrogen and oxygen atoms in total. The van der Waals surface area contributed by atoms with E-state index in [2.05, 4.69) is 5.32 Å². The smallest absolute Gasteiger partial charge is 0.0620 e. The van der Waals surface area contributed by atoms with Crippen molar-refractivity contribution in [3.63, 3.8) is 0 Å². The zero-order chi connectivity index (χ0) is 9.52. The summed E-state index contributed by atoms with van der Waals surface area (Å²) in [7, 11) is 1.72. The number of hydrogen-bond donors (Lipinski definition) is 1. The Morgan fingerprint density at radius 1 is 1.69 bits per heavy atom. The molecule has 0 spiro atoms. The largest absolute Gasteiger partial charge is 0.383 e. The van der Waals surface area contributed by atoms with Gasteiger partial charge in [-0.15, -0.1) is 11.6 Å². The van der Waals surface area contributed by atoms with Gasteiger partial charge in [-0.25, -0.2) is 0 Å². The average Bonchev–Trinajstić information content (AvgIpc) is 2.58. The molecule has 4 heteroatoms.